The van der Waals surface area contributed by atoms with Crippen LogP contribution in [-0.4, -0.2) is 59.1 Å². The van der Waals surface area contributed by atoms with E-state index < -0.39 is 54.8 Å². The van der Waals surface area contributed by atoms with Gasteiger partial charge in [-0.2, -0.15) is 0 Å². The summed E-state index contributed by atoms with van der Waals surface area (Å²) in [5.74, 6) is -2.74. The van der Waals surface area contributed by atoms with E-state index in [1.165, 1.54) is 13.0 Å². The van der Waals surface area contributed by atoms with Gasteiger partial charge < -0.3 is 24.4 Å². The number of carbonyl (C=O) groups is 3. The van der Waals surface area contributed by atoms with E-state index in [2.05, 4.69) is 6.58 Å². The zero-order valence-corrected chi connectivity index (χ0v) is 17.8. The maximum absolute atomic E-state index is 12.5. The van der Waals surface area contributed by atoms with Crippen molar-refractivity contribution < 1.29 is 38.8 Å². The lowest BCUT2D eigenvalue weighted by atomic mass is 9.85. The molecule has 0 aromatic carbocycles. The van der Waals surface area contributed by atoms with Crippen LogP contribution in [0.5, 0.6) is 0 Å². The van der Waals surface area contributed by atoms with E-state index in [0.29, 0.717) is 12.0 Å². The van der Waals surface area contributed by atoms with Gasteiger partial charge in [0.1, 0.15) is 18.3 Å². The maximum atomic E-state index is 12.5. The van der Waals surface area contributed by atoms with E-state index in [0.717, 1.165) is 0 Å². The molecule has 1 aliphatic heterocycles. The van der Waals surface area contributed by atoms with Crippen LogP contribution < -0.4 is 0 Å². The first-order valence-corrected chi connectivity index (χ1v) is 10.0. The molecule has 1 saturated heterocycles. The number of hydrogen-bond donors (Lipinski definition) is 2. The SMILES string of the molecule is C=C1C(=O)O[C@@H]2/C=C(\CO)[C@@H](OC(C)=O)C[C@@H](O)/C(C)=C\[C@@H](OC(=O)[C@H](C)CC)[C@@H]12. The zero-order valence-electron chi connectivity index (χ0n) is 17.8. The Balaban J connectivity index is 2.53. The van der Waals surface area contributed by atoms with Crippen LogP contribution in [-0.2, 0) is 28.6 Å². The Labute approximate surface area is 176 Å². The molecule has 0 bridgehead atoms. The highest BCUT2D eigenvalue weighted by Gasteiger charge is 2.45. The molecular weight excluding hydrogens is 392 g/mol. The fourth-order valence-corrected chi connectivity index (χ4v) is 3.47. The second-order valence-corrected chi connectivity index (χ2v) is 7.79. The molecule has 0 saturated carbocycles. The first kappa shape index (κ1) is 23.8. The molecule has 166 valence electrons. The Morgan fingerprint density at radius 1 is 1.33 bits per heavy atom. The van der Waals surface area contributed by atoms with Crippen molar-refractivity contribution in [2.45, 2.75) is 65.0 Å². The predicted molar refractivity (Wildman–Crippen MR) is 107 cm³/mol. The van der Waals surface area contributed by atoms with Crippen LogP contribution in [0.1, 0.15) is 40.5 Å². The minimum Gasteiger partial charge on any atom is -0.458 e. The molecule has 2 rings (SSSR count). The van der Waals surface area contributed by atoms with Gasteiger partial charge >= 0.3 is 17.9 Å². The van der Waals surface area contributed by atoms with Gasteiger partial charge in [-0.1, -0.05) is 20.4 Å². The number of fused-ring (bicyclic) bond motifs is 1. The summed E-state index contributed by atoms with van der Waals surface area (Å²) in [7, 11) is 0. The lowest BCUT2D eigenvalue weighted by molar-refractivity contribution is -0.154. The number of rotatable bonds is 5. The second kappa shape index (κ2) is 10.0. The number of esters is 3. The maximum Gasteiger partial charge on any atom is 0.334 e. The predicted octanol–water partition coefficient (Wildman–Crippen LogP) is 1.60. The molecule has 1 fully saturated rings. The van der Waals surface area contributed by atoms with Crippen LogP contribution >= 0.6 is 0 Å². The first-order chi connectivity index (χ1) is 14.1. The van der Waals surface area contributed by atoms with Gasteiger partial charge in [0.25, 0.3) is 0 Å². The van der Waals surface area contributed by atoms with Crippen LogP contribution in [0.4, 0.5) is 0 Å². The Bertz CT molecular complexity index is 765. The van der Waals surface area contributed by atoms with E-state index in [1.54, 1.807) is 19.9 Å². The van der Waals surface area contributed by atoms with Crippen molar-refractivity contribution in [2.75, 3.05) is 6.61 Å². The quantitative estimate of drug-likeness (QED) is 0.297. The highest BCUT2D eigenvalue weighted by molar-refractivity contribution is 5.91. The van der Waals surface area contributed by atoms with Gasteiger partial charge in [-0.15, -0.1) is 0 Å². The highest BCUT2D eigenvalue weighted by atomic mass is 16.6. The van der Waals surface area contributed by atoms with E-state index >= 15 is 0 Å². The lowest BCUT2D eigenvalue weighted by Crippen LogP contribution is -2.36. The molecule has 1 heterocycles. The van der Waals surface area contributed by atoms with E-state index in [4.69, 9.17) is 14.2 Å². The number of carbonyl (C=O) groups excluding carboxylic acids is 3. The Hall–Kier alpha value is -2.45. The van der Waals surface area contributed by atoms with Gasteiger partial charge in [-0.3, -0.25) is 9.59 Å². The summed E-state index contributed by atoms with van der Waals surface area (Å²) >= 11 is 0. The topological polar surface area (TPSA) is 119 Å². The van der Waals surface area contributed by atoms with Crippen LogP contribution in [0, 0.1) is 11.8 Å². The molecular formula is C22H30O8. The molecule has 0 amide bonds. The number of aliphatic hydroxyl groups is 2. The fraction of sp³-hybridized carbons (Fsp3) is 0.591. The zero-order chi connectivity index (χ0) is 22.6. The van der Waals surface area contributed by atoms with Crippen molar-refractivity contribution in [1.29, 1.82) is 0 Å². The third-order valence-electron chi connectivity index (χ3n) is 5.56. The molecule has 2 N–H and O–H groups in total. The Morgan fingerprint density at radius 3 is 2.57 bits per heavy atom. The summed E-state index contributed by atoms with van der Waals surface area (Å²) in [6.45, 7) is 9.80. The third-order valence-corrected chi connectivity index (χ3v) is 5.56. The second-order valence-electron chi connectivity index (χ2n) is 7.79. The van der Waals surface area contributed by atoms with Crippen molar-refractivity contribution in [1.82, 2.24) is 0 Å². The molecule has 0 radical (unpaired) electrons. The first-order valence-electron chi connectivity index (χ1n) is 10.0. The van der Waals surface area contributed by atoms with Crippen LogP contribution in [0.2, 0.25) is 0 Å². The summed E-state index contributed by atoms with van der Waals surface area (Å²) in [5.41, 5.74) is 0.876. The summed E-state index contributed by atoms with van der Waals surface area (Å²) in [6, 6.07) is 0. The molecule has 1 aliphatic carbocycles. The highest BCUT2D eigenvalue weighted by Crippen LogP contribution is 2.36. The van der Waals surface area contributed by atoms with Gasteiger partial charge in [0.2, 0.25) is 0 Å². The number of hydrogen-bond acceptors (Lipinski definition) is 8. The number of ether oxygens (including phenoxy) is 3. The van der Waals surface area contributed by atoms with Crippen molar-refractivity contribution in [2.24, 2.45) is 11.8 Å². The van der Waals surface area contributed by atoms with Crippen molar-refractivity contribution >= 4 is 17.9 Å². The van der Waals surface area contributed by atoms with Gasteiger partial charge in [0, 0.05) is 18.9 Å². The largest absolute Gasteiger partial charge is 0.458 e. The molecule has 0 aromatic rings. The average molecular weight is 422 g/mol. The van der Waals surface area contributed by atoms with E-state index in [-0.39, 0.29) is 23.5 Å². The monoisotopic (exact) mass is 422 g/mol. The van der Waals surface area contributed by atoms with Crippen molar-refractivity contribution in [3.63, 3.8) is 0 Å². The van der Waals surface area contributed by atoms with Gasteiger partial charge in [-0.25, -0.2) is 4.79 Å². The summed E-state index contributed by atoms with van der Waals surface area (Å²) < 4.78 is 16.4. The van der Waals surface area contributed by atoms with E-state index in [1.807, 2.05) is 6.92 Å². The molecule has 2 aliphatic rings. The normalized spacial score (nSPS) is 33.9. The van der Waals surface area contributed by atoms with E-state index in [9.17, 15) is 24.6 Å². The fourth-order valence-electron chi connectivity index (χ4n) is 3.47. The standard InChI is InChI=1S/C22H30O8/c1-6-11(2)21(26)29-18-7-12(3)16(25)9-17(28-14(5)24)15(10-23)8-19-20(18)13(4)22(27)30-19/h7-8,11,16-20,23,25H,4,6,9-10H2,1-3,5H3/b12-7-,15-8+/t11-,16-,17+,18-,19-,20-/m1/s1. The smallest absolute Gasteiger partial charge is 0.334 e. The molecule has 6 atom stereocenters. The van der Waals surface area contributed by atoms with Gasteiger partial charge in [0.05, 0.1) is 24.5 Å². The molecule has 8 heteroatoms. The lowest BCUT2D eigenvalue weighted by Gasteiger charge is -2.29. The van der Waals surface area contributed by atoms with Crippen LogP contribution in [0.3, 0.4) is 0 Å². The molecule has 0 spiro atoms. The third kappa shape index (κ3) is 5.37. The Kier molecular flexibility index (Phi) is 7.97. The average Bonchev–Trinajstić information content (AvgIpc) is 2.96. The minimum atomic E-state index is -1.03. The van der Waals surface area contributed by atoms with Crippen LogP contribution in [0.25, 0.3) is 0 Å². The molecule has 8 nitrogen and oxygen atoms in total. The van der Waals surface area contributed by atoms with Gasteiger partial charge in [-0.05, 0) is 36.6 Å². The molecule has 0 unspecified atom stereocenters. The summed E-state index contributed by atoms with van der Waals surface area (Å²) in [5, 5.41) is 20.5. The summed E-state index contributed by atoms with van der Waals surface area (Å²) in [6.07, 6.45) is -0.0639. The van der Waals surface area contributed by atoms with Crippen molar-refractivity contribution in [3.05, 3.63) is 35.5 Å². The minimum absolute atomic E-state index is 0.00733. The van der Waals surface area contributed by atoms with Crippen molar-refractivity contribution in [3.8, 4) is 0 Å². The number of aliphatic hydroxyl groups excluding tert-OH is 2. The molecule has 0 aromatic heterocycles. The molecule has 30 heavy (non-hydrogen) atoms. The van der Waals surface area contributed by atoms with Gasteiger partial charge in [0.15, 0.2) is 0 Å². The summed E-state index contributed by atoms with van der Waals surface area (Å²) in [4.78, 5) is 36.2. The van der Waals surface area contributed by atoms with Crippen LogP contribution in [0.15, 0.2) is 35.5 Å². The Morgan fingerprint density at radius 2 is 2.00 bits per heavy atom.